The largest absolute Gasteiger partial charge is 0.492 e. The lowest BCUT2D eigenvalue weighted by Crippen LogP contribution is -2.29. The molecule has 4 aromatic carbocycles. The number of carbonyl (C=O) groups excluding carboxylic acids is 1. The second-order valence-corrected chi connectivity index (χ2v) is 10.9. The molecule has 5 heteroatoms. The number of rotatable bonds is 9. The van der Waals surface area contributed by atoms with Crippen LogP contribution in [0.25, 0.3) is 11.1 Å². The molecule has 0 aliphatic carbocycles. The summed E-state index contributed by atoms with van der Waals surface area (Å²) in [5.41, 5.74) is 5.90. The van der Waals surface area contributed by atoms with Crippen LogP contribution in [0.3, 0.4) is 0 Å². The van der Waals surface area contributed by atoms with Gasteiger partial charge >= 0.3 is 5.97 Å². The average molecular weight is 566 g/mol. The standard InChI is InChI=1S/C36H36ClNO3/c1-27(28-11-17-32(37)18-12-28)35(30-15-21-34(22-16-30)41-36(39)31-9-5-4-6-10-31)29-13-19-33(20-14-29)40-26-25-38-23-7-2-3-8-24-38/h4-6,9-22H,2-3,7-8,23-26H2,1H3/b35-27-. The first-order valence-corrected chi connectivity index (χ1v) is 14.7. The predicted octanol–water partition coefficient (Wildman–Crippen LogP) is 8.79. The highest BCUT2D eigenvalue weighted by atomic mass is 35.5. The summed E-state index contributed by atoms with van der Waals surface area (Å²) >= 11 is 6.18. The predicted molar refractivity (Wildman–Crippen MR) is 168 cm³/mol. The number of allylic oxidation sites excluding steroid dienone is 1. The van der Waals surface area contributed by atoms with Crippen molar-refractivity contribution in [2.24, 2.45) is 0 Å². The lowest BCUT2D eigenvalue weighted by molar-refractivity contribution is 0.0734. The fourth-order valence-corrected chi connectivity index (χ4v) is 5.37. The minimum Gasteiger partial charge on any atom is -0.492 e. The molecule has 0 spiro atoms. The third-order valence-electron chi connectivity index (χ3n) is 7.53. The molecule has 0 atom stereocenters. The molecule has 4 nitrogen and oxygen atoms in total. The van der Waals surface area contributed by atoms with Gasteiger partial charge in [0, 0.05) is 11.6 Å². The van der Waals surface area contributed by atoms with E-state index >= 15 is 0 Å². The number of hydrogen-bond acceptors (Lipinski definition) is 4. The summed E-state index contributed by atoms with van der Waals surface area (Å²) in [6.07, 6.45) is 5.25. The Morgan fingerprint density at radius 3 is 1.85 bits per heavy atom. The van der Waals surface area contributed by atoms with Gasteiger partial charge in [0.2, 0.25) is 0 Å². The van der Waals surface area contributed by atoms with Crippen molar-refractivity contribution in [3.8, 4) is 11.5 Å². The first-order chi connectivity index (χ1) is 20.1. The summed E-state index contributed by atoms with van der Waals surface area (Å²) in [7, 11) is 0. The Bertz CT molecular complexity index is 1440. The Hall–Kier alpha value is -3.86. The number of carbonyl (C=O) groups is 1. The molecule has 5 rings (SSSR count). The molecule has 1 fully saturated rings. The summed E-state index contributed by atoms with van der Waals surface area (Å²) in [6.45, 7) is 6.11. The normalized spacial score (nSPS) is 14.6. The third-order valence-corrected chi connectivity index (χ3v) is 7.79. The molecule has 41 heavy (non-hydrogen) atoms. The van der Waals surface area contributed by atoms with E-state index in [1.165, 1.54) is 38.8 Å². The van der Waals surface area contributed by atoms with E-state index in [1.54, 1.807) is 12.1 Å². The van der Waals surface area contributed by atoms with Gasteiger partial charge in [0.05, 0.1) is 5.56 Å². The molecular weight excluding hydrogens is 530 g/mol. The van der Waals surface area contributed by atoms with Crippen molar-refractivity contribution < 1.29 is 14.3 Å². The van der Waals surface area contributed by atoms with E-state index in [2.05, 4.69) is 24.0 Å². The van der Waals surface area contributed by atoms with Crippen LogP contribution in [0.2, 0.25) is 5.02 Å². The van der Waals surface area contributed by atoms with Gasteiger partial charge in [-0.2, -0.15) is 0 Å². The number of benzene rings is 4. The van der Waals surface area contributed by atoms with Crippen molar-refractivity contribution in [3.63, 3.8) is 0 Å². The molecule has 4 aromatic rings. The highest BCUT2D eigenvalue weighted by Crippen LogP contribution is 2.34. The highest BCUT2D eigenvalue weighted by Gasteiger charge is 2.14. The topological polar surface area (TPSA) is 38.8 Å². The van der Waals surface area contributed by atoms with Gasteiger partial charge in [0.15, 0.2) is 0 Å². The van der Waals surface area contributed by atoms with E-state index in [0.717, 1.165) is 40.1 Å². The smallest absolute Gasteiger partial charge is 0.343 e. The number of hydrogen-bond donors (Lipinski definition) is 0. The monoisotopic (exact) mass is 565 g/mol. The first-order valence-electron chi connectivity index (χ1n) is 14.4. The minimum atomic E-state index is -0.377. The molecule has 1 aliphatic rings. The second-order valence-electron chi connectivity index (χ2n) is 10.4. The van der Waals surface area contributed by atoms with Gasteiger partial charge in [-0.15, -0.1) is 0 Å². The fraction of sp³-hybridized carbons (Fsp3) is 0.250. The number of halogens is 1. The van der Waals surface area contributed by atoms with E-state index in [4.69, 9.17) is 21.1 Å². The van der Waals surface area contributed by atoms with E-state index in [9.17, 15) is 4.79 Å². The Morgan fingerprint density at radius 1 is 0.683 bits per heavy atom. The third kappa shape index (κ3) is 7.87. The van der Waals surface area contributed by atoms with Gasteiger partial charge < -0.3 is 9.47 Å². The molecule has 0 N–H and O–H groups in total. The van der Waals surface area contributed by atoms with Gasteiger partial charge in [-0.05, 0) is 109 Å². The lowest BCUT2D eigenvalue weighted by atomic mass is 9.90. The van der Waals surface area contributed by atoms with Crippen molar-refractivity contribution in [2.45, 2.75) is 32.6 Å². The summed E-state index contributed by atoms with van der Waals surface area (Å²) in [5.74, 6) is 0.993. The summed E-state index contributed by atoms with van der Waals surface area (Å²) in [6, 6.07) is 32.9. The van der Waals surface area contributed by atoms with Crippen LogP contribution in [0.4, 0.5) is 0 Å². The Morgan fingerprint density at radius 2 is 1.24 bits per heavy atom. The fourth-order valence-electron chi connectivity index (χ4n) is 5.24. The van der Waals surface area contributed by atoms with Gasteiger partial charge in [-0.1, -0.05) is 79.0 Å². The van der Waals surface area contributed by atoms with Crippen LogP contribution in [0, 0.1) is 0 Å². The maximum absolute atomic E-state index is 12.5. The van der Waals surface area contributed by atoms with Crippen molar-refractivity contribution in [3.05, 3.63) is 130 Å². The molecule has 0 saturated carbocycles. The summed E-state index contributed by atoms with van der Waals surface area (Å²) < 4.78 is 11.7. The van der Waals surface area contributed by atoms with Crippen molar-refractivity contribution in [1.29, 1.82) is 0 Å². The van der Waals surface area contributed by atoms with E-state index in [-0.39, 0.29) is 5.97 Å². The maximum Gasteiger partial charge on any atom is 0.343 e. The zero-order valence-corrected chi connectivity index (χ0v) is 24.3. The Kier molecular flexibility index (Phi) is 9.90. The Labute approximate surface area is 248 Å². The maximum atomic E-state index is 12.5. The van der Waals surface area contributed by atoms with Crippen molar-refractivity contribution in [1.82, 2.24) is 4.90 Å². The molecule has 1 aliphatic heterocycles. The molecule has 0 unspecified atom stereocenters. The van der Waals surface area contributed by atoms with E-state index < -0.39 is 0 Å². The van der Waals surface area contributed by atoms with E-state index in [1.807, 2.05) is 78.9 Å². The van der Waals surface area contributed by atoms with Crippen LogP contribution in [-0.4, -0.2) is 37.1 Å². The molecule has 0 amide bonds. The van der Waals surface area contributed by atoms with Gasteiger partial charge in [0.25, 0.3) is 0 Å². The SMILES string of the molecule is C/C(=C(\c1ccc(OCCN2CCCCCC2)cc1)c1ccc(OC(=O)c2ccccc2)cc1)c1ccc(Cl)cc1. The molecule has 0 aromatic heterocycles. The zero-order valence-electron chi connectivity index (χ0n) is 23.5. The molecular formula is C36H36ClNO3. The van der Waals surface area contributed by atoms with Crippen LogP contribution in [0.1, 0.15) is 59.7 Å². The summed E-state index contributed by atoms with van der Waals surface area (Å²) in [5, 5.41) is 0.703. The number of nitrogens with zero attached hydrogens (tertiary/aromatic N) is 1. The van der Waals surface area contributed by atoms with Gasteiger partial charge in [0.1, 0.15) is 18.1 Å². The highest BCUT2D eigenvalue weighted by molar-refractivity contribution is 6.30. The summed E-state index contributed by atoms with van der Waals surface area (Å²) in [4.78, 5) is 15.0. The van der Waals surface area contributed by atoms with Gasteiger partial charge in [-0.3, -0.25) is 4.90 Å². The molecule has 1 heterocycles. The zero-order chi connectivity index (χ0) is 28.4. The molecule has 210 valence electrons. The van der Waals surface area contributed by atoms with Crippen molar-refractivity contribution >= 4 is 28.7 Å². The van der Waals surface area contributed by atoms with Crippen LogP contribution in [-0.2, 0) is 0 Å². The van der Waals surface area contributed by atoms with Crippen LogP contribution >= 0.6 is 11.6 Å². The molecule has 1 saturated heterocycles. The lowest BCUT2D eigenvalue weighted by Gasteiger charge is -2.20. The number of esters is 1. The van der Waals surface area contributed by atoms with Crippen LogP contribution in [0.5, 0.6) is 11.5 Å². The van der Waals surface area contributed by atoms with Crippen LogP contribution < -0.4 is 9.47 Å². The molecule has 0 bridgehead atoms. The minimum absolute atomic E-state index is 0.377. The van der Waals surface area contributed by atoms with Crippen LogP contribution in [0.15, 0.2) is 103 Å². The van der Waals surface area contributed by atoms with Gasteiger partial charge in [-0.25, -0.2) is 4.79 Å². The Balaban J connectivity index is 1.35. The second kappa shape index (κ2) is 14.2. The number of ether oxygens (including phenoxy) is 2. The number of likely N-dealkylation sites (tertiary alicyclic amines) is 1. The van der Waals surface area contributed by atoms with Crippen molar-refractivity contribution in [2.75, 3.05) is 26.2 Å². The average Bonchev–Trinajstić information content (AvgIpc) is 3.29. The first kappa shape index (κ1) is 28.7. The molecule has 0 radical (unpaired) electrons. The van der Waals surface area contributed by atoms with E-state index in [0.29, 0.717) is 22.9 Å². The quantitative estimate of drug-likeness (QED) is 0.115.